The minimum absolute atomic E-state index is 0.198. The van der Waals surface area contributed by atoms with Crippen LogP contribution < -0.4 is 5.32 Å². The molecule has 0 bridgehead atoms. The van der Waals surface area contributed by atoms with Gasteiger partial charge in [0.05, 0.1) is 6.04 Å². The van der Waals surface area contributed by atoms with Gasteiger partial charge in [-0.2, -0.15) is 0 Å². The Kier molecular flexibility index (Phi) is 2.58. The molecule has 3 nitrogen and oxygen atoms in total. The van der Waals surface area contributed by atoms with Crippen LogP contribution in [0, 0.1) is 11.7 Å². The highest BCUT2D eigenvalue weighted by Gasteiger charge is 2.37. The fraction of sp³-hybridized carbons (Fsp3) is 0.533. The van der Waals surface area contributed by atoms with Gasteiger partial charge in [0, 0.05) is 12.1 Å². The molecule has 2 heterocycles. The molecule has 0 amide bonds. The molecule has 1 saturated heterocycles. The molecule has 100 valence electrons. The van der Waals surface area contributed by atoms with E-state index in [1.807, 2.05) is 0 Å². The molecule has 1 aromatic carbocycles. The molecule has 1 N–H and O–H groups in total. The molecule has 3 unspecified atom stereocenters. The van der Waals surface area contributed by atoms with E-state index in [0.717, 1.165) is 23.7 Å². The Morgan fingerprint density at radius 1 is 1.26 bits per heavy atom. The number of halogens is 1. The molecular formula is C15H17FN2O. The van der Waals surface area contributed by atoms with Crippen molar-refractivity contribution in [2.24, 2.45) is 5.92 Å². The van der Waals surface area contributed by atoms with Crippen LogP contribution in [0.3, 0.4) is 0 Å². The molecule has 1 saturated carbocycles. The van der Waals surface area contributed by atoms with Crippen LogP contribution in [0.15, 0.2) is 22.6 Å². The average molecular weight is 260 g/mol. The Morgan fingerprint density at radius 3 is 3.05 bits per heavy atom. The van der Waals surface area contributed by atoms with Crippen LogP contribution in [0.25, 0.3) is 11.1 Å². The molecule has 0 spiro atoms. The van der Waals surface area contributed by atoms with Gasteiger partial charge in [-0.25, -0.2) is 9.37 Å². The number of hydrogen-bond acceptors (Lipinski definition) is 3. The third-order valence-electron chi connectivity index (χ3n) is 4.53. The first-order valence-electron chi connectivity index (χ1n) is 7.11. The second kappa shape index (κ2) is 4.30. The molecule has 1 aliphatic heterocycles. The van der Waals surface area contributed by atoms with Gasteiger partial charge in [0.1, 0.15) is 11.3 Å². The zero-order valence-corrected chi connectivity index (χ0v) is 10.7. The predicted octanol–water partition coefficient (Wildman–Crippen LogP) is 3.56. The number of aromatic nitrogens is 1. The predicted molar refractivity (Wildman–Crippen MR) is 70.2 cm³/mol. The third-order valence-corrected chi connectivity index (χ3v) is 4.53. The Balaban J connectivity index is 1.64. The quantitative estimate of drug-likeness (QED) is 0.852. The molecule has 2 aromatic rings. The maximum atomic E-state index is 13.2. The summed E-state index contributed by atoms with van der Waals surface area (Å²) in [5.74, 6) is 1.20. The summed E-state index contributed by atoms with van der Waals surface area (Å²) in [5, 5.41) is 3.63. The van der Waals surface area contributed by atoms with Crippen LogP contribution in [0.5, 0.6) is 0 Å². The SMILES string of the molecule is Fc1ccc2nc(C3CC4CCCCC4N3)oc2c1. The highest BCUT2D eigenvalue weighted by atomic mass is 19.1. The van der Waals surface area contributed by atoms with Crippen molar-refractivity contribution >= 4 is 11.1 Å². The highest BCUT2D eigenvalue weighted by molar-refractivity contribution is 5.72. The molecule has 4 heteroatoms. The Labute approximate surface area is 111 Å². The molecule has 1 aliphatic carbocycles. The van der Waals surface area contributed by atoms with E-state index in [1.54, 1.807) is 6.07 Å². The van der Waals surface area contributed by atoms with Crippen LogP contribution in [-0.2, 0) is 0 Å². The minimum atomic E-state index is -0.275. The summed E-state index contributed by atoms with van der Waals surface area (Å²) in [4.78, 5) is 4.50. The van der Waals surface area contributed by atoms with Crippen molar-refractivity contribution in [3.8, 4) is 0 Å². The van der Waals surface area contributed by atoms with Crippen LogP contribution in [0.1, 0.15) is 44.0 Å². The van der Waals surface area contributed by atoms with Gasteiger partial charge in [-0.15, -0.1) is 0 Å². The number of rotatable bonds is 1. The van der Waals surface area contributed by atoms with E-state index in [-0.39, 0.29) is 11.9 Å². The molecule has 19 heavy (non-hydrogen) atoms. The van der Waals surface area contributed by atoms with Crippen LogP contribution in [0.4, 0.5) is 4.39 Å². The highest BCUT2D eigenvalue weighted by Crippen LogP contribution is 2.39. The molecule has 2 aliphatic rings. The van der Waals surface area contributed by atoms with E-state index in [9.17, 15) is 4.39 Å². The van der Waals surface area contributed by atoms with Crippen molar-refractivity contribution in [3.63, 3.8) is 0 Å². The summed E-state index contributed by atoms with van der Waals surface area (Å²) in [6, 6.07) is 5.33. The first-order valence-corrected chi connectivity index (χ1v) is 7.11. The van der Waals surface area contributed by atoms with Crippen molar-refractivity contribution < 1.29 is 8.81 Å². The molecule has 0 radical (unpaired) electrons. The van der Waals surface area contributed by atoms with Crippen LogP contribution in [0.2, 0.25) is 0 Å². The van der Waals surface area contributed by atoms with Crippen molar-refractivity contribution in [2.75, 3.05) is 0 Å². The summed E-state index contributed by atoms with van der Waals surface area (Å²) >= 11 is 0. The van der Waals surface area contributed by atoms with Gasteiger partial charge in [-0.3, -0.25) is 0 Å². The van der Waals surface area contributed by atoms with E-state index in [0.29, 0.717) is 11.6 Å². The van der Waals surface area contributed by atoms with E-state index in [4.69, 9.17) is 4.42 Å². The van der Waals surface area contributed by atoms with Gasteiger partial charge in [-0.1, -0.05) is 12.8 Å². The third kappa shape index (κ3) is 1.94. The number of hydrogen-bond donors (Lipinski definition) is 1. The molecular weight excluding hydrogens is 243 g/mol. The lowest BCUT2D eigenvalue weighted by atomic mass is 9.85. The van der Waals surface area contributed by atoms with Crippen molar-refractivity contribution in [1.82, 2.24) is 10.3 Å². The lowest BCUT2D eigenvalue weighted by molar-refractivity contribution is 0.325. The summed E-state index contributed by atoms with van der Waals surface area (Å²) in [6.45, 7) is 0. The number of benzene rings is 1. The van der Waals surface area contributed by atoms with Crippen LogP contribution in [-0.4, -0.2) is 11.0 Å². The van der Waals surface area contributed by atoms with Gasteiger partial charge >= 0.3 is 0 Å². The van der Waals surface area contributed by atoms with Gasteiger partial charge in [0.25, 0.3) is 0 Å². The summed E-state index contributed by atoms with van der Waals surface area (Å²) in [5.41, 5.74) is 1.29. The maximum absolute atomic E-state index is 13.2. The normalized spacial score (nSPS) is 30.7. The topological polar surface area (TPSA) is 38.1 Å². The molecule has 4 rings (SSSR count). The number of fused-ring (bicyclic) bond motifs is 2. The monoisotopic (exact) mass is 260 g/mol. The standard InChI is InChI=1S/C15H17FN2O/c16-10-5-6-12-14(8-10)19-15(18-12)13-7-9-3-1-2-4-11(9)17-13/h5-6,8-9,11,13,17H,1-4,7H2. The summed E-state index contributed by atoms with van der Waals surface area (Å²) in [6.07, 6.45) is 6.33. The van der Waals surface area contributed by atoms with Gasteiger partial charge < -0.3 is 9.73 Å². The van der Waals surface area contributed by atoms with Gasteiger partial charge in [0.15, 0.2) is 5.58 Å². The van der Waals surface area contributed by atoms with Crippen LogP contribution >= 0.6 is 0 Å². The smallest absolute Gasteiger partial charge is 0.212 e. The van der Waals surface area contributed by atoms with Crippen molar-refractivity contribution in [3.05, 3.63) is 29.9 Å². The lowest BCUT2D eigenvalue weighted by Crippen LogP contribution is -2.30. The maximum Gasteiger partial charge on any atom is 0.212 e. The number of nitrogens with one attached hydrogen (secondary N) is 1. The second-order valence-corrected chi connectivity index (χ2v) is 5.77. The lowest BCUT2D eigenvalue weighted by Gasteiger charge is -2.24. The zero-order chi connectivity index (χ0) is 12.8. The summed E-state index contributed by atoms with van der Waals surface area (Å²) in [7, 11) is 0. The average Bonchev–Trinajstić information content (AvgIpc) is 3.00. The Bertz CT molecular complexity index is 595. The van der Waals surface area contributed by atoms with E-state index in [1.165, 1.54) is 37.8 Å². The largest absolute Gasteiger partial charge is 0.439 e. The first kappa shape index (κ1) is 11.4. The Hall–Kier alpha value is -1.42. The molecule has 3 atom stereocenters. The molecule has 2 fully saturated rings. The van der Waals surface area contributed by atoms with E-state index < -0.39 is 0 Å². The van der Waals surface area contributed by atoms with Gasteiger partial charge in [-0.05, 0) is 37.3 Å². The fourth-order valence-corrected chi connectivity index (χ4v) is 3.58. The minimum Gasteiger partial charge on any atom is -0.439 e. The Morgan fingerprint density at radius 2 is 2.16 bits per heavy atom. The first-order chi connectivity index (χ1) is 9.29. The van der Waals surface area contributed by atoms with E-state index in [2.05, 4.69) is 10.3 Å². The second-order valence-electron chi connectivity index (χ2n) is 5.77. The number of nitrogens with zero attached hydrogens (tertiary/aromatic N) is 1. The zero-order valence-electron chi connectivity index (χ0n) is 10.7. The van der Waals surface area contributed by atoms with Gasteiger partial charge in [0.2, 0.25) is 5.89 Å². The number of oxazole rings is 1. The van der Waals surface area contributed by atoms with E-state index >= 15 is 0 Å². The fourth-order valence-electron chi connectivity index (χ4n) is 3.58. The van der Waals surface area contributed by atoms with Crippen molar-refractivity contribution in [2.45, 2.75) is 44.2 Å². The van der Waals surface area contributed by atoms with Crippen molar-refractivity contribution in [1.29, 1.82) is 0 Å². The summed E-state index contributed by atoms with van der Waals surface area (Å²) < 4.78 is 18.9. The molecule has 1 aromatic heterocycles.